The third-order valence-corrected chi connectivity index (χ3v) is 3.17. The van der Waals surface area contributed by atoms with Gasteiger partial charge in [-0.3, -0.25) is 4.98 Å². The molecular formula is C14H14F2N2. The molecule has 0 saturated carbocycles. The van der Waals surface area contributed by atoms with E-state index in [4.69, 9.17) is 5.73 Å². The molecule has 0 aliphatic rings. The van der Waals surface area contributed by atoms with Gasteiger partial charge in [0.05, 0.1) is 5.54 Å². The fourth-order valence-electron chi connectivity index (χ4n) is 1.98. The number of hydrogen-bond acceptors (Lipinski definition) is 2. The lowest BCUT2D eigenvalue weighted by atomic mass is 9.82. The van der Waals surface area contributed by atoms with E-state index in [-0.39, 0.29) is 0 Å². The largest absolute Gasteiger partial charge is 0.318 e. The molecule has 0 bridgehead atoms. The second-order valence-corrected chi connectivity index (χ2v) is 4.20. The van der Waals surface area contributed by atoms with Gasteiger partial charge in [0.2, 0.25) is 0 Å². The third kappa shape index (κ3) is 2.11. The summed E-state index contributed by atoms with van der Waals surface area (Å²) in [6, 6.07) is 7.35. The Labute approximate surface area is 104 Å². The Kier molecular flexibility index (Phi) is 3.39. The number of nitrogens with two attached hydrogens (primary N) is 1. The van der Waals surface area contributed by atoms with Crippen molar-refractivity contribution in [3.05, 3.63) is 65.5 Å². The summed E-state index contributed by atoms with van der Waals surface area (Å²) in [6.07, 6.45) is 3.85. The SMILES string of the molecule is CCC(N)(c1cccnc1)c1ccc(F)c(F)c1. The van der Waals surface area contributed by atoms with Crippen LogP contribution in [0.2, 0.25) is 0 Å². The van der Waals surface area contributed by atoms with Gasteiger partial charge in [0, 0.05) is 12.4 Å². The van der Waals surface area contributed by atoms with Crippen LogP contribution in [0.4, 0.5) is 8.78 Å². The minimum Gasteiger partial charge on any atom is -0.318 e. The molecule has 4 heteroatoms. The molecule has 1 heterocycles. The van der Waals surface area contributed by atoms with E-state index in [1.807, 2.05) is 13.0 Å². The molecule has 0 amide bonds. The van der Waals surface area contributed by atoms with Crippen LogP contribution in [0.5, 0.6) is 0 Å². The van der Waals surface area contributed by atoms with Gasteiger partial charge in [0.25, 0.3) is 0 Å². The Hall–Kier alpha value is -1.81. The normalized spacial score (nSPS) is 14.2. The first-order valence-corrected chi connectivity index (χ1v) is 5.73. The van der Waals surface area contributed by atoms with Gasteiger partial charge >= 0.3 is 0 Å². The zero-order valence-electron chi connectivity index (χ0n) is 10.0. The van der Waals surface area contributed by atoms with Gasteiger partial charge in [-0.25, -0.2) is 8.78 Å². The van der Waals surface area contributed by atoms with E-state index in [1.54, 1.807) is 18.5 Å². The van der Waals surface area contributed by atoms with Crippen molar-refractivity contribution >= 4 is 0 Å². The topological polar surface area (TPSA) is 38.9 Å². The number of rotatable bonds is 3. The summed E-state index contributed by atoms with van der Waals surface area (Å²) < 4.78 is 26.3. The maximum Gasteiger partial charge on any atom is 0.159 e. The zero-order valence-corrected chi connectivity index (χ0v) is 10.0. The highest BCUT2D eigenvalue weighted by atomic mass is 19.2. The molecule has 1 atom stereocenters. The standard InChI is InChI=1S/C14H14F2N2/c1-2-14(17,11-4-3-7-18-9-11)10-5-6-12(15)13(16)8-10/h3-9H,2,17H2,1H3. The molecule has 2 rings (SSSR count). The van der Waals surface area contributed by atoms with E-state index < -0.39 is 17.2 Å². The summed E-state index contributed by atoms with van der Waals surface area (Å²) in [4.78, 5) is 4.02. The number of benzene rings is 1. The maximum absolute atomic E-state index is 13.3. The van der Waals surface area contributed by atoms with Gasteiger partial charge in [0.15, 0.2) is 11.6 Å². The lowest BCUT2D eigenvalue weighted by Crippen LogP contribution is -2.37. The first-order valence-electron chi connectivity index (χ1n) is 5.73. The van der Waals surface area contributed by atoms with Crippen molar-refractivity contribution in [2.24, 2.45) is 5.73 Å². The van der Waals surface area contributed by atoms with Crippen molar-refractivity contribution in [2.45, 2.75) is 18.9 Å². The molecule has 0 fully saturated rings. The average Bonchev–Trinajstić information content (AvgIpc) is 2.42. The van der Waals surface area contributed by atoms with Gasteiger partial charge < -0.3 is 5.73 Å². The number of halogens is 2. The molecule has 94 valence electrons. The first-order chi connectivity index (χ1) is 8.58. The van der Waals surface area contributed by atoms with Crippen LogP contribution in [0.3, 0.4) is 0 Å². The Morgan fingerprint density at radius 3 is 2.50 bits per heavy atom. The van der Waals surface area contributed by atoms with Gasteiger partial charge in [0.1, 0.15) is 0 Å². The molecule has 2 aromatic rings. The third-order valence-electron chi connectivity index (χ3n) is 3.17. The van der Waals surface area contributed by atoms with E-state index in [0.717, 1.165) is 17.7 Å². The van der Waals surface area contributed by atoms with E-state index in [2.05, 4.69) is 4.98 Å². The summed E-state index contributed by atoms with van der Waals surface area (Å²) in [6.45, 7) is 1.90. The molecule has 0 spiro atoms. The molecule has 1 aromatic heterocycles. The van der Waals surface area contributed by atoms with Crippen LogP contribution >= 0.6 is 0 Å². The molecule has 1 aromatic carbocycles. The predicted octanol–water partition coefficient (Wildman–Crippen LogP) is 2.97. The van der Waals surface area contributed by atoms with Crippen LogP contribution < -0.4 is 5.73 Å². The van der Waals surface area contributed by atoms with Crippen LogP contribution in [-0.2, 0) is 5.54 Å². The van der Waals surface area contributed by atoms with E-state index in [9.17, 15) is 8.78 Å². The van der Waals surface area contributed by atoms with Gasteiger partial charge in [-0.05, 0) is 35.7 Å². The molecule has 0 saturated heterocycles. The number of nitrogens with zero attached hydrogens (tertiary/aromatic N) is 1. The van der Waals surface area contributed by atoms with Gasteiger partial charge in [-0.2, -0.15) is 0 Å². The monoisotopic (exact) mass is 248 g/mol. The van der Waals surface area contributed by atoms with E-state index in [1.165, 1.54) is 6.07 Å². The van der Waals surface area contributed by atoms with E-state index >= 15 is 0 Å². The molecule has 2 N–H and O–H groups in total. The molecule has 0 aliphatic carbocycles. The first kappa shape index (κ1) is 12.6. The van der Waals surface area contributed by atoms with Crippen LogP contribution in [0.1, 0.15) is 24.5 Å². The highest BCUT2D eigenvalue weighted by Gasteiger charge is 2.28. The lowest BCUT2D eigenvalue weighted by molar-refractivity contribution is 0.484. The summed E-state index contributed by atoms with van der Waals surface area (Å²) in [5.41, 5.74) is 6.79. The maximum atomic E-state index is 13.3. The number of pyridine rings is 1. The molecule has 0 radical (unpaired) electrons. The molecule has 18 heavy (non-hydrogen) atoms. The molecule has 1 unspecified atom stereocenters. The molecular weight excluding hydrogens is 234 g/mol. The number of aromatic nitrogens is 1. The minimum atomic E-state index is -0.889. The lowest BCUT2D eigenvalue weighted by Gasteiger charge is -2.29. The fraction of sp³-hybridized carbons (Fsp3) is 0.214. The predicted molar refractivity (Wildman–Crippen MR) is 65.9 cm³/mol. The van der Waals surface area contributed by atoms with E-state index in [0.29, 0.717) is 12.0 Å². The Balaban J connectivity index is 2.53. The van der Waals surface area contributed by atoms with Crippen molar-refractivity contribution in [2.75, 3.05) is 0 Å². The quantitative estimate of drug-likeness (QED) is 0.907. The summed E-state index contributed by atoms with van der Waals surface area (Å²) in [7, 11) is 0. The van der Waals surface area contributed by atoms with Crippen LogP contribution in [0.25, 0.3) is 0 Å². The molecule has 2 nitrogen and oxygen atoms in total. The van der Waals surface area contributed by atoms with Crippen molar-refractivity contribution in [1.82, 2.24) is 4.98 Å². The fourth-order valence-corrected chi connectivity index (χ4v) is 1.98. The smallest absolute Gasteiger partial charge is 0.159 e. The highest BCUT2D eigenvalue weighted by molar-refractivity contribution is 5.36. The van der Waals surface area contributed by atoms with Crippen molar-refractivity contribution in [3.63, 3.8) is 0 Å². The van der Waals surface area contributed by atoms with Crippen LogP contribution in [0, 0.1) is 11.6 Å². The summed E-state index contributed by atoms with van der Waals surface area (Å²) in [5, 5.41) is 0. The summed E-state index contributed by atoms with van der Waals surface area (Å²) >= 11 is 0. The van der Waals surface area contributed by atoms with Gasteiger partial charge in [-0.1, -0.05) is 19.1 Å². The minimum absolute atomic E-state index is 0.539. The zero-order chi connectivity index (χ0) is 13.2. The highest BCUT2D eigenvalue weighted by Crippen LogP contribution is 2.30. The average molecular weight is 248 g/mol. The second kappa shape index (κ2) is 4.82. The number of hydrogen-bond donors (Lipinski definition) is 1. The van der Waals surface area contributed by atoms with Crippen molar-refractivity contribution in [1.29, 1.82) is 0 Å². The van der Waals surface area contributed by atoms with Crippen LogP contribution in [0.15, 0.2) is 42.7 Å². The van der Waals surface area contributed by atoms with Crippen LogP contribution in [-0.4, -0.2) is 4.98 Å². The Morgan fingerprint density at radius 2 is 1.94 bits per heavy atom. The van der Waals surface area contributed by atoms with Crippen molar-refractivity contribution in [3.8, 4) is 0 Å². The van der Waals surface area contributed by atoms with Crippen molar-refractivity contribution < 1.29 is 8.78 Å². The summed E-state index contributed by atoms with van der Waals surface area (Å²) in [5.74, 6) is -1.76. The Bertz CT molecular complexity index is 543. The second-order valence-electron chi connectivity index (χ2n) is 4.20. The van der Waals surface area contributed by atoms with Gasteiger partial charge in [-0.15, -0.1) is 0 Å². The molecule has 0 aliphatic heterocycles. The Morgan fingerprint density at radius 1 is 1.17 bits per heavy atom.